The molecule has 2 aliphatic heterocycles. The largest absolute Gasteiger partial charge is 0.412 e. The third-order valence-electron chi connectivity index (χ3n) is 8.38. The van der Waals surface area contributed by atoms with Crippen LogP contribution in [0.4, 0.5) is 0 Å². The van der Waals surface area contributed by atoms with Crippen LogP contribution in [0.15, 0.2) is 88.5 Å². The van der Waals surface area contributed by atoms with Crippen molar-refractivity contribution >= 4 is 19.2 Å². The molecule has 0 saturated heterocycles. The van der Waals surface area contributed by atoms with E-state index >= 15 is 0 Å². The number of benzene rings is 3. The minimum atomic E-state index is -2.06. The first kappa shape index (κ1) is 28.7. The Balaban J connectivity index is 1.72. The van der Waals surface area contributed by atoms with E-state index in [2.05, 4.69) is 71.8 Å². The number of aromatic nitrogens is 3. The van der Waals surface area contributed by atoms with E-state index in [0.717, 1.165) is 22.2 Å². The molecule has 6 nitrogen and oxygen atoms in total. The topological polar surface area (TPSA) is 66.1 Å². The summed E-state index contributed by atoms with van der Waals surface area (Å²) in [4.78, 5) is 32.4. The van der Waals surface area contributed by atoms with Crippen molar-refractivity contribution < 1.29 is 4.43 Å². The number of rotatable bonds is 5. The highest BCUT2D eigenvalue weighted by Gasteiger charge is 2.37. The summed E-state index contributed by atoms with van der Waals surface area (Å²) in [5, 5.41) is 0.922. The van der Waals surface area contributed by atoms with Gasteiger partial charge in [0.2, 0.25) is 0 Å². The van der Waals surface area contributed by atoms with Crippen LogP contribution in [0.5, 0.6) is 0 Å². The fraction of sp³-hybridized carbons (Fsp3) is 0.324. The van der Waals surface area contributed by atoms with Crippen LogP contribution in [-0.4, -0.2) is 22.4 Å². The first-order chi connectivity index (χ1) is 19.2. The molecule has 0 fully saturated rings. The Morgan fingerprint density at radius 3 is 2.10 bits per heavy atom. The van der Waals surface area contributed by atoms with Crippen LogP contribution >= 0.6 is 0 Å². The van der Waals surface area contributed by atoms with Crippen molar-refractivity contribution in [1.29, 1.82) is 0 Å². The van der Waals surface area contributed by atoms with E-state index < -0.39 is 19.6 Å². The number of hydrogen-bond acceptors (Lipinski definition) is 4. The highest BCUT2D eigenvalue weighted by atomic mass is 28.4. The third kappa shape index (κ3) is 5.32. The highest BCUT2D eigenvalue weighted by Crippen LogP contribution is 2.37. The molecule has 7 heteroatoms. The van der Waals surface area contributed by atoms with E-state index in [-0.39, 0.29) is 10.5 Å². The van der Waals surface area contributed by atoms with E-state index in [0.29, 0.717) is 23.7 Å². The van der Waals surface area contributed by atoms with Crippen molar-refractivity contribution in [2.75, 3.05) is 0 Å². The van der Waals surface area contributed by atoms with Gasteiger partial charge in [-0.25, -0.2) is 9.36 Å². The molecule has 0 radical (unpaired) electrons. The van der Waals surface area contributed by atoms with Crippen molar-refractivity contribution in [2.45, 2.75) is 71.7 Å². The summed E-state index contributed by atoms with van der Waals surface area (Å²) in [5.74, 6) is 0.341. The van der Waals surface area contributed by atoms with Gasteiger partial charge in [-0.3, -0.25) is 9.36 Å². The Morgan fingerprint density at radius 2 is 1.44 bits per heavy atom. The standard InChI is InChI=1S/C34H39N3O3Si/c1-33(2,3)25-17-19-26(20-18-25)36-28-15-11-9-13-23(28)21-27-30(36)35-32(39)37(31(27)38)29-16-12-10-14-24(29)22-40-41(7,8)34(4,5)6/h9-21H,22H2,1-8H3. The minimum absolute atomic E-state index is 0.000122. The lowest BCUT2D eigenvalue weighted by Crippen LogP contribution is -2.41. The second-order valence-corrected chi connectivity index (χ2v) is 18.1. The van der Waals surface area contributed by atoms with Gasteiger partial charge in [0, 0.05) is 11.3 Å². The molecule has 2 aliphatic rings. The smallest absolute Gasteiger partial charge is 0.357 e. The lowest BCUT2D eigenvalue weighted by molar-refractivity contribution is 0.276. The predicted molar refractivity (Wildman–Crippen MR) is 170 cm³/mol. The van der Waals surface area contributed by atoms with Crippen LogP contribution in [0.1, 0.15) is 52.7 Å². The molecule has 2 heterocycles. The summed E-state index contributed by atoms with van der Waals surface area (Å²) < 4.78 is 9.58. The van der Waals surface area contributed by atoms with Crippen LogP contribution in [0.25, 0.3) is 33.7 Å². The molecule has 0 N–H and O–H groups in total. The molecule has 3 aromatic carbocycles. The van der Waals surface area contributed by atoms with Gasteiger partial charge < -0.3 is 4.43 Å². The van der Waals surface area contributed by atoms with E-state index in [1.807, 2.05) is 65.2 Å². The SMILES string of the molecule is CC(C)(C)c1ccc(-n2c3nc(=O)n(-c4ccccc4CO[Si](C)(C)C(C)(C)C)c(=O)c-3cc3ccccc32)cc1. The number of hydrogen-bond donors (Lipinski definition) is 0. The molecule has 5 rings (SSSR count). The molecule has 41 heavy (non-hydrogen) atoms. The Bertz CT molecular complexity index is 1820. The second kappa shape index (κ2) is 10.2. The number of fused-ring (bicyclic) bond motifs is 2. The van der Waals surface area contributed by atoms with E-state index in [1.165, 1.54) is 10.1 Å². The molecule has 0 aromatic heterocycles. The van der Waals surface area contributed by atoms with E-state index in [4.69, 9.17) is 4.43 Å². The van der Waals surface area contributed by atoms with Crippen molar-refractivity contribution in [3.8, 4) is 22.8 Å². The second-order valence-electron chi connectivity index (χ2n) is 13.3. The van der Waals surface area contributed by atoms with E-state index in [9.17, 15) is 9.59 Å². The normalized spacial score (nSPS) is 12.8. The quantitative estimate of drug-likeness (QED) is 0.164. The molecule has 3 aromatic rings. The Hall–Kier alpha value is -3.81. The van der Waals surface area contributed by atoms with Crippen LogP contribution in [-0.2, 0) is 16.4 Å². The fourth-order valence-corrected chi connectivity index (χ4v) is 5.74. The summed E-state index contributed by atoms with van der Waals surface area (Å²) >= 11 is 0. The van der Waals surface area contributed by atoms with Gasteiger partial charge in [0.25, 0.3) is 5.56 Å². The number of pyridine rings is 1. The molecular weight excluding hydrogens is 526 g/mol. The maximum Gasteiger partial charge on any atom is 0.357 e. The summed E-state index contributed by atoms with van der Waals surface area (Å²) in [6.07, 6.45) is 0. The Morgan fingerprint density at radius 1 is 0.805 bits per heavy atom. The lowest BCUT2D eigenvalue weighted by atomic mass is 9.87. The van der Waals surface area contributed by atoms with Gasteiger partial charge in [0.15, 0.2) is 14.1 Å². The first-order valence-electron chi connectivity index (χ1n) is 14.1. The van der Waals surface area contributed by atoms with Gasteiger partial charge in [-0.15, -0.1) is 0 Å². The maximum absolute atomic E-state index is 14.2. The molecule has 212 valence electrons. The molecule has 0 atom stereocenters. The summed E-state index contributed by atoms with van der Waals surface area (Å²) in [6.45, 7) is 17.8. The molecule has 0 bridgehead atoms. The highest BCUT2D eigenvalue weighted by molar-refractivity contribution is 6.74. The monoisotopic (exact) mass is 565 g/mol. The van der Waals surface area contributed by atoms with Gasteiger partial charge in [-0.1, -0.05) is 90.1 Å². The zero-order valence-electron chi connectivity index (χ0n) is 25.3. The average Bonchev–Trinajstić information content (AvgIpc) is 2.90. The van der Waals surface area contributed by atoms with Crippen LogP contribution in [0.3, 0.4) is 0 Å². The number of nitrogens with zero attached hydrogens (tertiary/aromatic N) is 3. The third-order valence-corrected chi connectivity index (χ3v) is 12.9. The Labute approximate surface area is 242 Å². The average molecular weight is 566 g/mol. The van der Waals surface area contributed by atoms with Crippen LogP contribution < -0.4 is 11.2 Å². The number of para-hydroxylation sites is 2. The zero-order chi connectivity index (χ0) is 29.7. The molecule has 0 aliphatic carbocycles. The Kier molecular flexibility index (Phi) is 7.16. The summed E-state index contributed by atoms with van der Waals surface area (Å²) in [7, 11) is -2.06. The van der Waals surface area contributed by atoms with Gasteiger partial charge >= 0.3 is 5.69 Å². The van der Waals surface area contributed by atoms with Gasteiger partial charge in [0.1, 0.15) is 0 Å². The molecule has 0 unspecified atom stereocenters. The molecule has 0 amide bonds. The van der Waals surface area contributed by atoms with Crippen LogP contribution in [0, 0.1) is 0 Å². The van der Waals surface area contributed by atoms with Crippen molar-refractivity contribution in [1.82, 2.24) is 14.1 Å². The van der Waals surface area contributed by atoms with Crippen molar-refractivity contribution in [3.63, 3.8) is 0 Å². The molecule has 0 spiro atoms. The lowest BCUT2D eigenvalue weighted by Gasteiger charge is -2.36. The molecule has 0 saturated carbocycles. The van der Waals surface area contributed by atoms with Crippen molar-refractivity contribution in [2.24, 2.45) is 0 Å². The van der Waals surface area contributed by atoms with Gasteiger partial charge in [0.05, 0.1) is 23.4 Å². The van der Waals surface area contributed by atoms with Crippen molar-refractivity contribution in [3.05, 3.63) is 111 Å². The van der Waals surface area contributed by atoms with E-state index in [1.54, 1.807) is 6.07 Å². The van der Waals surface area contributed by atoms with Crippen LogP contribution in [0.2, 0.25) is 18.1 Å². The minimum Gasteiger partial charge on any atom is -0.412 e. The van der Waals surface area contributed by atoms with Gasteiger partial charge in [-0.05, 0) is 64.8 Å². The summed E-state index contributed by atoms with van der Waals surface area (Å²) in [5.41, 5.74) is 3.56. The predicted octanol–water partition coefficient (Wildman–Crippen LogP) is 7.46. The first-order valence-corrected chi connectivity index (χ1v) is 17.0. The van der Waals surface area contributed by atoms with Gasteiger partial charge in [-0.2, -0.15) is 4.98 Å². The zero-order valence-corrected chi connectivity index (χ0v) is 26.3. The molecular formula is C34H39N3O3Si. The fourth-order valence-electron chi connectivity index (χ4n) is 4.79. The maximum atomic E-state index is 14.2. The summed E-state index contributed by atoms with van der Waals surface area (Å²) in [6, 6.07) is 25.4.